The molecule has 0 heteroatoms. The van der Waals surface area contributed by atoms with Crippen LogP contribution >= 0.6 is 0 Å². The molecule has 1 radical (unpaired) electrons. The summed E-state index contributed by atoms with van der Waals surface area (Å²) in [5.41, 5.74) is 0. The lowest BCUT2D eigenvalue weighted by Gasteiger charge is -2.00. The topological polar surface area (TPSA) is 0 Å². The highest BCUT2D eigenvalue weighted by Crippen LogP contribution is 2.04. The van der Waals surface area contributed by atoms with Crippen molar-refractivity contribution in [2.24, 2.45) is 5.92 Å². The molecule has 0 aromatic rings. The number of rotatable bonds is 3. The maximum atomic E-state index is 2.22. The molecule has 0 nitrogen and oxygen atoms in total. The van der Waals surface area contributed by atoms with E-state index in [0.29, 0.717) is 0 Å². The lowest BCUT2D eigenvalue weighted by atomic mass is 10.1. The van der Waals surface area contributed by atoms with Gasteiger partial charge in [-0.2, -0.15) is 0 Å². The molecule has 1 unspecified atom stereocenters. The molecule has 0 rings (SSSR count). The third kappa shape index (κ3) is 3.91. The van der Waals surface area contributed by atoms with E-state index < -0.39 is 0 Å². The Morgan fingerprint density at radius 1 is 1.50 bits per heavy atom. The van der Waals surface area contributed by atoms with Crippen molar-refractivity contribution in [1.82, 2.24) is 0 Å². The van der Waals surface area contributed by atoms with Crippen LogP contribution in [0.2, 0.25) is 0 Å². The molecular formula is C8H15. The lowest BCUT2D eigenvalue weighted by molar-refractivity contribution is 0.664. The average molecular weight is 111 g/mol. The van der Waals surface area contributed by atoms with Crippen LogP contribution in [0.4, 0.5) is 0 Å². The van der Waals surface area contributed by atoms with Gasteiger partial charge < -0.3 is 0 Å². The Kier molecular flexibility index (Phi) is 4.73. The van der Waals surface area contributed by atoms with Crippen LogP contribution < -0.4 is 0 Å². The Labute approximate surface area is 52.6 Å². The zero-order chi connectivity index (χ0) is 6.41. The van der Waals surface area contributed by atoms with Gasteiger partial charge >= 0.3 is 0 Å². The van der Waals surface area contributed by atoms with E-state index >= 15 is 0 Å². The van der Waals surface area contributed by atoms with Gasteiger partial charge in [-0.1, -0.05) is 32.4 Å². The quantitative estimate of drug-likeness (QED) is 0.525. The molecule has 0 aromatic heterocycles. The number of hydrogen-bond acceptors (Lipinski definition) is 0. The Balaban J connectivity index is 3.10. The van der Waals surface area contributed by atoms with Crippen LogP contribution in [-0.2, 0) is 0 Å². The van der Waals surface area contributed by atoms with Crippen molar-refractivity contribution >= 4 is 0 Å². The van der Waals surface area contributed by atoms with Gasteiger partial charge in [-0.25, -0.2) is 0 Å². The normalized spacial score (nSPS) is 14.9. The van der Waals surface area contributed by atoms with Gasteiger partial charge in [0.2, 0.25) is 0 Å². The summed E-state index contributed by atoms with van der Waals surface area (Å²) in [4.78, 5) is 0. The molecule has 0 aliphatic carbocycles. The fourth-order valence-electron chi connectivity index (χ4n) is 0.437. The van der Waals surface area contributed by atoms with E-state index in [1.54, 1.807) is 0 Å². The highest BCUT2D eigenvalue weighted by molar-refractivity contribution is 4.94. The molecular weight excluding hydrogens is 96.1 g/mol. The minimum absolute atomic E-state index is 0.742. The highest BCUT2D eigenvalue weighted by atomic mass is 14.0. The average Bonchev–Trinajstić information content (AvgIpc) is 1.83. The van der Waals surface area contributed by atoms with Crippen LogP contribution in [0, 0.1) is 12.3 Å². The van der Waals surface area contributed by atoms with Gasteiger partial charge in [0.25, 0.3) is 0 Å². The first-order valence-corrected chi connectivity index (χ1v) is 3.27. The van der Waals surface area contributed by atoms with Gasteiger partial charge in [-0.15, -0.1) is 0 Å². The summed E-state index contributed by atoms with van der Waals surface area (Å²) in [6.07, 6.45) is 7.63. The molecule has 0 saturated heterocycles. The zero-order valence-electron chi connectivity index (χ0n) is 6.02. The first-order chi connectivity index (χ1) is 3.81. The van der Waals surface area contributed by atoms with Crippen LogP contribution in [-0.4, -0.2) is 0 Å². The summed E-state index contributed by atoms with van der Waals surface area (Å²) in [6.45, 7) is 6.46. The summed E-state index contributed by atoms with van der Waals surface area (Å²) < 4.78 is 0. The van der Waals surface area contributed by atoms with E-state index in [4.69, 9.17) is 0 Å². The molecule has 8 heavy (non-hydrogen) atoms. The first-order valence-electron chi connectivity index (χ1n) is 3.27. The maximum absolute atomic E-state index is 2.22. The lowest BCUT2D eigenvalue weighted by Crippen LogP contribution is -1.88. The van der Waals surface area contributed by atoms with Crippen LogP contribution in [0.1, 0.15) is 27.2 Å². The molecule has 0 fully saturated rings. The van der Waals surface area contributed by atoms with Crippen molar-refractivity contribution in [3.63, 3.8) is 0 Å². The summed E-state index contributed by atoms with van der Waals surface area (Å²) in [6, 6.07) is 0. The van der Waals surface area contributed by atoms with Gasteiger partial charge in [-0.3, -0.25) is 0 Å². The predicted octanol–water partition coefficient (Wildman–Crippen LogP) is 2.81. The fourth-order valence-corrected chi connectivity index (χ4v) is 0.437. The molecule has 0 heterocycles. The molecule has 0 saturated carbocycles. The minimum atomic E-state index is 0.742. The van der Waals surface area contributed by atoms with E-state index in [1.165, 1.54) is 6.42 Å². The van der Waals surface area contributed by atoms with Crippen molar-refractivity contribution in [2.75, 3.05) is 0 Å². The zero-order valence-corrected chi connectivity index (χ0v) is 6.02. The van der Waals surface area contributed by atoms with E-state index in [0.717, 1.165) is 5.92 Å². The Hall–Kier alpha value is -0.260. The third-order valence-electron chi connectivity index (χ3n) is 1.28. The van der Waals surface area contributed by atoms with E-state index in [2.05, 4.69) is 32.4 Å². The first kappa shape index (κ1) is 7.74. The van der Waals surface area contributed by atoms with Crippen molar-refractivity contribution in [3.05, 3.63) is 18.6 Å². The Morgan fingerprint density at radius 3 is 2.50 bits per heavy atom. The fraction of sp³-hybridized carbons (Fsp3) is 0.625. The van der Waals surface area contributed by atoms with Crippen LogP contribution in [0.15, 0.2) is 12.2 Å². The summed E-state index contributed by atoms with van der Waals surface area (Å²) in [7, 11) is 0. The van der Waals surface area contributed by atoms with Crippen molar-refractivity contribution < 1.29 is 0 Å². The predicted molar refractivity (Wildman–Crippen MR) is 38.6 cm³/mol. The van der Waals surface area contributed by atoms with Gasteiger partial charge in [0.05, 0.1) is 0 Å². The summed E-state index contributed by atoms with van der Waals surface area (Å²) in [5, 5.41) is 0. The Bertz CT molecular complexity index is 62.4. The molecule has 0 spiro atoms. The van der Waals surface area contributed by atoms with E-state index in [1.807, 2.05) is 6.92 Å². The van der Waals surface area contributed by atoms with Crippen molar-refractivity contribution in [1.29, 1.82) is 0 Å². The van der Waals surface area contributed by atoms with Gasteiger partial charge in [-0.05, 0) is 19.3 Å². The minimum Gasteiger partial charge on any atom is -0.0914 e. The number of hydrogen-bond donors (Lipinski definition) is 0. The highest BCUT2D eigenvalue weighted by Gasteiger charge is 1.91. The SMILES string of the molecule is CC=C[CH]C(C)CC. The van der Waals surface area contributed by atoms with Crippen LogP contribution in [0.25, 0.3) is 0 Å². The van der Waals surface area contributed by atoms with Gasteiger partial charge in [0.1, 0.15) is 0 Å². The summed E-state index contributed by atoms with van der Waals surface area (Å²) in [5.74, 6) is 0.742. The van der Waals surface area contributed by atoms with Crippen LogP contribution in [0.5, 0.6) is 0 Å². The summed E-state index contributed by atoms with van der Waals surface area (Å²) >= 11 is 0. The standard InChI is InChI=1S/C8H15/c1-4-6-7-8(3)5-2/h4,6-8H,5H2,1-3H3. The molecule has 47 valence electrons. The molecule has 1 atom stereocenters. The molecule has 0 aromatic carbocycles. The third-order valence-corrected chi connectivity index (χ3v) is 1.28. The maximum Gasteiger partial charge on any atom is -0.0142 e. The van der Waals surface area contributed by atoms with Gasteiger partial charge in [0.15, 0.2) is 0 Å². The smallest absolute Gasteiger partial charge is 0.0142 e. The Morgan fingerprint density at radius 2 is 2.12 bits per heavy atom. The largest absolute Gasteiger partial charge is 0.0914 e. The number of allylic oxidation sites excluding steroid dienone is 2. The van der Waals surface area contributed by atoms with E-state index in [9.17, 15) is 0 Å². The van der Waals surface area contributed by atoms with Crippen molar-refractivity contribution in [2.45, 2.75) is 27.2 Å². The van der Waals surface area contributed by atoms with Crippen molar-refractivity contribution in [3.8, 4) is 0 Å². The van der Waals surface area contributed by atoms with Gasteiger partial charge in [0, 0.05) is 0 Å². The molecule has 0 amide bonds. The molecule has 0 N–H and O–H groups in total. The van der Waals surface area contributed by atoms with Crippen LogP contribution in [0.3, 0.4) is 0 Å². The second kappa shape index (κ2) is 4.89. The van der Waals surface area contributed by atoms with E-state index in [-0.39, 0.29) is 0 Å². The molecule has 0 bridgehead atoms. The second-order valence-corrected chi connectivity index (χ2v) is 2.10. The molecule has 0 aliphatic heterocycles. The monoisotopic (exact) mass is 111 g/mol. The second-order valence-electron chi connectivity index (χ2n) is 2.10. The molecule has 0 aliphatic rings.